The number of aryl methyl sites for hydroxylation is 1. The number of hydrogen-bond acceptors (Lipinski definition) is 5. The molecule has 0 saturated carbocycles. The summed E-state index contributed by atoms with van der Waals surface area (Å²) < 4.78 is 36.6. The summed E-state index contributed by atoms with van der Waals surface area (Å²) >= 11 is 0. The number of rotatable bonds is 8. The molecule has 1 atom stereocenters. The molecule has 0 spiro atoms. The van der Waals surface area contributed by atoms with Crippen LogP contribution in [0.4, 0.5) is 5.69 Å². The van der Waals surface area contributed by atoms with E-state index >= 15 is 0 Å². The van der Waals surface area contributed by atoms with Crippen LogP contribution in [-0.4, -0.2) is 40.8 Å². The molecular formula is C22H28N2O5S. The second-order valence-corrected chi connectivity index (χ2v) is 9.18. The molecule has 0 saturated heterocycles. The maximum Gasteiger partial charge on any atom is 0.241 e. The third-order valence-corrected chi connectivity index (χ3v) is 6.24. The molecule has 7 nitrogen and oxygen atoms in total. The van der Waals surface area contributed by atoms with Crippen molar-refractivity contribution in [3.63, 3.8) is 0 Å². The summed E-state index contributed by atoms with van der Waals surface area (Å²) in [5, 5.41) is 3.01. The first-order valence-electron chi connectivity index (χ1n) is 9.98. The molecule has 0 aliphatic heterocycles. The van der Waals surface area contributed by atoms with Crippen molar-refractivity contribution in [3.8, 4) is 11.5 Å². The van der Waals surface area contributed by atoms with Gasteiger partial charge >= 0.3 is 0 Å². The number of nitrogens with zero attached hydrogens (tertiary/aromatic N) is 1. The number of carbonyl (C=O) groups is 1. The molecule has 30 heavy (non-hydrogen) atoms. The van der Waals surface area contributed by atoms with Crippen molar-refractivity contribution < 1.29 is 22.7 Å². The minimum absolute atomic E-state index is 0.150. The van der Waals surface area contributed by atoms with Crippen molar-refractivity contribution >= 4 is 21.6 Å². The van der Waals surface area contributed by atoms with Gasteiger partial charge in [-0.2, -0.15) is 0 Å². The number of nitrogens with one attached hydrogen (secondary N) is 1. The summed E-state index contributed by atoms with van der Waals surface area (Å²) in [4.78, 5) is 12.8. The monoisotopic (exact) mass is 432 g/mol. The molecule has 2 aromatic carbocycles. The zero-order chi connectivity index (χ0) is 21.7. The molecular weight excluding hydrogens is 404 g/mol. The lowest BCUT2D eigenvalue weighted by Gasteiger charge is -2.28. The van der Waals surface area contributed by atoms with E-state index in [1.807, 2.05) is 25.1 Å². The van der Waals surface area contributed by atoms with E-state index in [1.165, 1.54) is 0 Å². The van der Waals surface area contributed by atoms with Gasteiger partial charge in [0, 0.05) is 6.07 Å². The summed E-state index contributed by atoms with van der Waals surface area (Å²) in [6.45, 7) is 2.02. The Labute approximate surface area is 178 Å². The zero-order valence-corrected chi connectivity index (χ0v) is 18.4. The van der Waals surface area contributed by atoms with E-state index in [9.17, 15) is 13.2 Å². The lowest BCUT2D eigenvalue weighted by Crippen LogP contribution is -2.42. The van der Waals surface area contributed by atoms with Crippen LogP contribution in [-0.2, 0) is 21.2 Å². The molecule has 0 fully saturated rings. The molecule has 0 bridgehead atoms. The summed E-state index contributed by atoms with van der Waals surface area (Å²) in [6, 6.07) is 12.4. The third-order valence-electron chi connectivity index (χ3n) is 5.10. The van der Waals surface area contributed by atoms with Crippen LogP contribution in [0.2, 0.25) is 0 Å². The molecule has 0 heterocycles. The van der Waals surface area contributed by atoms with E-state index in [0.717, 1.165) is 46.7 Å². The number of ether oxygens (including phenoxy) is 2. The number of amides is 1. The van der Waals surface area contributed by atoms with Gasteiger partial charge in [0.15, 0.2) is 0 Å². The minimum atomic E-state index is -3.65. The average molecular weight is 433 g/mol. The molecule has 1 N–H and O–H groups in total. The second kappa shape index (κ2) is 9.38. The first-order valence-corrected chi connectivity index (χ1v) is 11.8. The second-order valence-electron chi connectivity index (χ2n) is 7.28. The quantitative estimate of drug-likeness (QED) is 0.693. The fraction of sp³-hybridized carbons (Fsp3) is 0.409. The van der Waals surface area contributed by atoms with Crippen LogP contribution in [0, 0.1) is 0 Å². The van der Waals surface area contributed by atoms with Gasteiger partial charge in [-0.25, -0.2) is 8.42 Å². The van der Waals surface area contributed by atoms with Crippen LogP contribution in [0.5, 0.6) is 11.5 Å². The number of sulfonamides is 1. The van der Waals surface area contributed by atoms with Crippen LogP contribution in [0.25, 0.3) is 0 Å². The molecule has 0 radical (unpaired) electrons. The van der Waals surface area contributed by atoms with Crippen molar-refractivity contribution in [3.05, 3.63) is 53.6 Å². The molecule has 1 amide bonds. The maximum absolute atomic E-state index is 12.8. The number of fused-ring (bicyclic) bond motifs is 1. The van der Waals surface area contributed by atoms with Gasteiger partial charge in [-0.3, -0.25) is 9.10 Å². The number of hydrogen-bond donors (Lipinski definition) is 1. The summed E-state index contributed by atoms with van der Waals surface area (Å²) in [5.41, 5.74) is 2.60. The highest BCUT2D eigenvalue weighted by atomic mass is 32.2. The van der Waals surface area contributed by atoms with Crippen LogP contribution in [0.15, 0.2) is 42.5 Å². The fourth-order valence-electron chi connectivity index (χ4n) is 3.73. The van der Waals surface area contributed by atoms with Gasteiger partial charge < -0.3 is 14.8 Å². The maximum atomic E-state index is 12.8. The van der Waals surface area contributed by atoms with Gasteiger partial charge in [-0.15, -0.1) is 0 Å². The van der Waals surface area contributed by atoms with Crippen molar-refractivity contribution in [1.29, 1.82) is 0 Å². The highest BCUT2D eigenvalue weighted by Gasteiger charge is 2.26. The van der Waals surface area contributed by atoms with Crippen molar-refractivity contribution in [2.45, 2.75) is 32.2 Å². The SMILES string of the molecule is CCOc1cccc(N(CC(=O)NC2CCCc3cc(OC)ccc32)S(C)(=O)=O)c1. The Morgan fingerprint density at radius 3 is 2.70 bits per heavy atom. The van der Waals surface area contributed by atoms with Crippen molar-refractivity contribution in [2.75, 3.05) is 30.8 Å². The smallest absolute Gasteiger partial charge is 0.241 e. The summed E-state index contributed by atoms with van der Waals surface area (Å²) in [6.07, 6.45) is 3.77. The Balaban J connectivity index is 1.77. The number of methoxy groups -OCH3 is 1. The topological polar surface area (TPSA) is 84.9 Å². The highest BCUT2D eigenvalue weighted by Crippen LogP contribution is 2.32. The van der Waals surface area contributed by atoms with Gasteiger partial charge in [0.2, 0.25) is 15.9 Å². The Morgan fingerprint density at radius 2 is 2.00 bits per heavy atom. The Hall–Kier alpha value is -2.74. The zero-order valence-electron chi connectivity index (χ0n) is 17.6. The Kier molecular flexibility index (Phi) is 6.87. The minimum Gasteiger partial charge on any atom is -0.497 e. The van der Waals surface area contributed by atoms with Crippen LogP contribution >= 0.6 is 0 Å². The van der Waals surface area contributed by atoms with Crippen LogP contribution in [0.3, 0.4) is 0 Å². The van der Waals surface area contributed by atoms with Gasteiger partial charge in [-0.05, 0) is 61.6 Å². The Bertz CT molecular complexity index is 1010. The molecule has 1 unspecified atom stereocenters. The predicted molar refractivity (Wildman–Crippen MR) is 117 cm³/mol. The molecule has 8 heteroatoms. The van der Waals surface area contributed by atoms with Gasteiger partial charge in [0.25, 0.3) is 0 Å². The van der Waals surface area contributed by atoms with E-state index < -0.39 is 10.0 Å². The highest BCUT2D eigenvalue weighted by molar-refractivity contribution is 7.92. The molecule has 3 rings (SSSR count). The van der Waals surface area contributed by atoms with Crippen molar-refractivity contribution in [1.82, 2.24) is 5.32 Å². The van der Waals surface area contributed by atoms with Gasteiger partial charge in [-0.1, -0.05) is 12.1 Å². The first-order chi connectivity index (χ1) is 14.3. The Morgan fingerprint density at radius 1 is 1.20 bits per heavy atom. The van der Waals surface area contributed by atoms with Gasteiger partial charge in [0.1, 0.15) is 18.0 Å². The largest absolute Gasteiger partial charge is 0.497 e. The van der Waals surface area contributed by atoms with E-state index in [2.05, 4.69) is 5.32 Å². The molecule has 0 aromatic heterocycles. The summed E-state index contributed by atoms with van der Waals surface area (Å²) in [7, 11) is -2.03. The average Bonchev–Trinajstić information content (AvgIpc) is 2.71. The molecule has 2 aromatic rings. The van der Waals surface area contributed by atoms with E-state index in [0.29, 0.717) is 18.0 Å². The summed E-state index contributed by atoms with van der Waals surface area (Å²) in [5.74, 6) is 0.994. The van der Waals surface area contributed by atoms with E-state index in [-0.39, 0.29) is 18.5 Å². The normalized spacial score (nSPS) is 15.8. The lowest BCUT2D eigenvalue weighted by molar-refractivity contribution is -0.120. The number of carbonyl (C=O) groups excluding carboxylic acids is 1. The fourth-order valence-corrected chi connectivity index (χ4v) is 4.58. The molecule has 1 aliphatic carbocycles. The molecule has 1 aliphatic rings. The van der Waals surface area contributed by atoms with Gasteiger partial charge in [0.05, 0.1) is 31.7 Å². The lowest BCUT2D eigenvalue weighted by atomic mass is 9.87. The predicted octanol–water partition coefficient (Wildman–Crippen LogP) is 3.05. The third kappa shape index (κ3) is 5.24. The number of anilines is 1. The van der Waals surface area contributed by atoms with Crippen LogP contribution < -0.4 is 19.1 Å². The van der Waals surface area contributed by atoms with E-state index in [1.54, 1.807) is 31.4 Å². The van der Waals surface area contributed by atoms with E-state index in [4.69, 9.17) is 9.47 Å². The van der Waals surface area contributed by atoms with Crippen LogP contribution in [0.1, 0.15) is 36.9 Å². The standard InChI is InChI=1S/C22H28N2O5S/c1-4-29-19-9-6-8-17(14-19)24(30(3,26)27)15-22(25)23-21-10-5-7-16-13-18(28-2)11-12-20(16)21/h6,8-9,11-14,21H,4-5,7,10,15H2,1-3H3,(H,23,25). The first kappa shape index (κ1) is 22.0. The van der Waals surface area contributed by atoms with Crippen molar-refractivity contribution in [2.24, 2.45) is 0 Å². The molecule has 162 valence electrons. The number of benzene rings is 2.